The summed E-state index contributed by atoms with van der Waals surface area (Å²) >= 11 is 0. The molecule has 0 saturated carbocycles. The lowest BCUT2D eigenvalue weighted by molar-refractivity contribution is 0.102. The number of amides is 1. The molecule has 2 heterocycles. The van der Waals surface area contributed by atoms with Crippen LogP contribution in [-0.4, -0.2) is 20.7 Å². The number of anilines is 2. The zero-order chi connectivity index (χ0) is 16.2. The van der Waals surface area contributed by atoms with Gasteiger partial charge in [-0.1, -0.05) is 12.1 Å². The van der Waals surface area contributed by atoms with Gasteiger partial charge in [-0.2, -0.15) is 5.10 Å². The Morgan fingerprint density at radius 2 is 1.78 bits per heavy atom. The lowest BCUT2D eigenvalue weighted by atomic mass is 10.1. The Labute approximate surface area is 134 Å². The molecule has 0 radical (unpaired) electrons. The quantitative estimate of drug-likeness (QED) is 0.774. The normalized spacial score (nSPS) is 10.5. The first kappa shape index (κ1) is 14.8. The van der Waals surface area contributed by atoms with Crippen molar-refractivity contribution >= 4 is 17.4 Å². The van der Waals surface area contributed by atoms with Crippen molar-refractivity contribution in [3.8, 4) is 0 Å². The molecule has 0 saturated heterocycles. The van der Waals surface area contributed by atoms with E-state index >= 15 is 0 Å². The molecule has 0 spiro atoms. The monoisotopic (exact) mass is 307 g/mol. The summed E-state index contributed by atoms with van der Waals surface area (Å²) in [6.07, 6.45) is 5.85. The van der Waals surface area contributed by atoms with Crippen LogP contribution in [0.1, 0.15) is 21.5 Å². The smallest absolute Gasteiger partial charge is 0.261 e. The number of benzene rings is 1. The van der Waals surface area contributed by atoms with Gasteiger partial charge in [0.2, 0.25) is 0 Å². The SMILES string of the molecule is Cn1ncc(C(=O)Nc2ccc(Cc3ccncc3)cc2)c1N. The van der Waals surface area contributed by atoms with Gasteiger partial charge >= 0.3 is 0 Å². The number of carbonyl (C=O) groups excluding carboxylic acids is 1. The molecule has 0 unspecified atom stereocenters. The molecule has 23 heavy (non-hydrogen) atoms. The van der Waals surface area contributed by atoms with E-state index in [4.69, 9.17) is 5.73 Å². The zero-order valence-corrected chi connectivity index (χ0v) is 12.7. The summed E-state index contributed by atoms with van der Waals surface area (Å²) in [5, 5.41) is 6.79. The Hall–Kier alpha value is -3.15. The van der Waals surface area contributed by atoms with Gasteiger partial charge in [-0.3, -0.25) is 14.5 Å². The van der Waals surface area contributed by atoms with Gasteiger partial charge in [0.15, 0.2) is 0 Å². The van der Waals surface area contributed by atoms with Crippen LogP contribution in [0.2, 0.25) is 0 Å². The number of aryl methyl sites for hydroxylation is 1. The first-order valence-electron chi connectivity index (χ1n) is 7.20. The maximum Gasteiger partial charge on any atom is 0.261 e. The van der Waals surface area contributed by atoms with Crippen LogP contribution in [0.5, 0.6) is 0 Å². The van der Waals surface area contributed by atoms with Crippen molar-refractivity contribution in [1.82, 2.24) is 14.8 Å². The Balaban J connectivity index is 1.68. The van der Waals surface area contributed by atoms with Crippen molar-refractivity contribution in [3.05, 3.63) is 71.7 Å². The zero-order valence-electron chi connectivity index (χ0n) is 12.7. The molecule has 3 rings (SSSR count). The van der Waals surface area contributed by atoms with E-state index in [1.807, 2.05) is 36.4 Å². The predicted octanol–water partition coefficient (Wildman–Crippen LogP) is 2.24. The van der Waals surface area contributed by atoms with Gasteiger partial charge in [0, 0.05) is 25.1 Å². The van der Waals surface area contributed by atoms with E-state index in [-0.39, 0.29) is 5.91 Å². The Kier molecular flexibility index (Phi) is 4.05. The fourth-order valence-electron chi connectivity index (χ4n) is 2.26. The summed E-state index contributed by atoms with van der Waals surface area (Å²) in [5.41, 5.74) is 9.25. The van der Waals surface area contributed by atoms with Crippen LogP contribution in [0.25, 0.3) is 0 Å². The molecule has 1 amide bonds. The third kappa shape index (κ3) is 3.37. The third-order valence-corrected chi connectivity index (χ3v) is 3.60. The minimum absolute atomic E-state index is 0.266. The number of nitrogens with zero attached hydrogens (tertiary/aromatic N) is 3. The minimum atomic E-state index is -0.266. The van der Waals surface area contributed by atoms with E-state index in [2.05, 4.69) is 15.4 Å². The highest BCUT2D eigenvalue weighted by Crippen LogP contribution is 2.16. The van der Waals surface area contributed by atoms with Crippen LogP contribution in [-0.2, 0) is 13.5 Å². The van der Waals surface area contributed by atoms with Crippen molar-refractivity contribution in [2.75, 3.05) is 11.1 Å². The number of carbonyl (C=O) groups is 1. The molecule has 0 fully saturated rings. The summed E-state index contributed by atoms with van der Waals surface area (Å²) in [5.74, 6) is 0.0780. The number of aromatic nitrogens is 3. The molecule has 6 nitrogen and oxygen atoms in total. The topological polar surface area (TPSA) is 85.8 Å². The van der Waals surface area contributed by atoms with Crippen molar-refractivity contribution in [2.45, 2.75) is 6.42 Å². The molecular weight excluding hydrogens is 290 g/mol. The van der Waals surface area contributed by atoms with Crippen LogP contribution in [0.3, 0.4) is 0 Å². The maximum absolute atomic E-state index is 12.2. The molecule has 0 aliphatic heterocycles. The van der Waals surface area contributed by atoms with Gasteiger partial charge in [-0.05, 0) is 41.8 Å². The van der Waals surface area contributed by atoms with Crippen LogP contribution < -0.4 is 11.1 Å². The average Bonchev–Trinajstić information content (AvgIpc) is 2.90. The fourth-order valence-corrected chi connectivity index (χ4v) is 2.26. The predicted molar refractivity (Wildman–Crippen MR) is 89.1 cm³/mol. The van der Waals surface area contributed by atoms with Crippen LogP contribution >= 0.6 is 0 Å². The standard InChI is InChI=1S/C17H17N5O/c1-22-16(18)15(11-20-22)17(23)21-14-4-2-12(3-5-14)10-13-6-8-19-9-7-13/h2-9,11H,10,18H2,1H3,(H,21,23). The second-order valence-corrected chi connectivity index (χ2v) is 5.25. The summed E-state index contributed by atoms with van der Waals surface area (Å²) < 4.78 is 1.47. The van der Waals surface area contributed by atoms with Gasteiger partial charge in [0.1, 0.15) is 11.4 Å². The number of rotatable bonds is 4. The van der Waals surface area contributed by atoms with E-state index in [1.54, 1.807) is 19.4 Å². The van der Waals surface area contributed by atoms with E-state index in [9.17, 15) is 4.79 Å². The fraction of sp³-hybridized carbons (Fsp3) is 0.118. The second kappa shape index (κ2) is 6.31. The highest BCUT2D eigenvalue weighted by molar-refractivity contribution is 6.07. The average molecular weight is 307 g/mol. The van der Waals surface area contributed by atoms with Gasteiger partial charge in [0.25, 0.3) is 5.91 Å². The lowest BCUT2D eigenvalue weighted by Crippen LogP contribution is -2.13. The second-order valence-electron chi connectivity index (χ2n) is 5.25. The lowest BCUT2D eigenvalue weighted by Gasteiger charge is -2.06. The number of hydrogen-bond acceptors (Lipinski definition) is 4. The van der Waals surface area contributed by atoms with E-state index in [0.29, 0.717) is 11.4 Å². The molecule has 0 aliphatic rings. The molecule has 0 aliphatic carbocycles. The molecular formula is C17H17N5O. The van der Waals surface area contributed by atoms with Crippen molar-refractivity contribution in [2.24, 2.45) is 7.05 Å². The summed E-state index contributed by atoms with van der Waals surface area (Å²) in [4.78, 5) is 16.2. The van der Waals surface area contributed by atoms with E-state index < -0.39 is 0 Å². The molecule has 3 N–H and O–H groups in total. The Morgan fingerprint density at radius 3 is 2.39 bits per heavy atom. The Bertz CT molecular complexity index is 809. The highest BCUT2D eigenvalue weighted by atomic mass is 16.1. The maximum atomic E-state index is 12.2. The van der Waals surface area contributed by atoms with Gasteiger partial charge in [0.05, 0.1) is 6.20 Å². The summed E-state index contributed by atoms with van der Waals surface area (Å²) in [6.45, 7) is 0. The van der Waals surface area contributed by atoms with Crippen molar-refractivity contribution in [1.29, 1.82) is 0 Å². The van der Waals surface area contributed by atoms with Crippen molar-refractivity contribution in [3.63, 3.8) is 0 Å². The van der Waals surface area contributed by atoms with Crippen LogP contribution in [0, 0.1) is 0 Å². The van der Waals surface area contributed by atoms with Crippen molar-refractivity contribution < 1.29 is 4.79 Å². The Morgan fingerprint density at radius 1 is 1.13 bits per heavy atom. The highest BCUT2D eigenvalue weighted by Gasteiger charge is 2.13. The molecule has 2 aromatic heterocycles. The summed E-state index contributed by atoms with van der Waals surface area (Å²) in [6, 6.07) is 11.7. The largest absolute Gasteiger partial charge is 0.383 e. The van der Waals surface area contributed by atoms with Gasteiger partial charge in [-0.25, -0.2) is 0 Å². The van der Waals surface area contributed by atoms with Crippen LogP contribution in [0.15, 0.2) is 55.0 Å². The number of nitrogens with two attached hydrogens (primary N) is 1. The van der Waals surface area contributed by atoms with E-state index in [1.165, 1.54) is 16.4 Å². The molecule has 0 atom stereocenters. The summed E-state index contributed by atoms with van der Waals surface area (Å²) in [7, 11) is 1.69. The first-order valence-corrected chi connectivity index (χ1v) is 7.20. The minimum Gasteiger partial charge on any atom is -0.383 e. The first-order chi connectivity index (χ1) is 11.1. The molecule has 1 aromatic carbocycles. The third-order valence-electron chi connectivity index (χ3n) is 3.60. The number of hydrogen-bond donors (Lipinski definition) is 2. The molecule has 116 valence electrons. The van der Waals surface area contributed by atoms with Gasteiger partial charge < -0.3 is 11.1 Å². The molecule has 0 bridgehead atoms. The molecule has 3 aromatic rings. The van der Waals surface area contributed by atoms with E-state index in [0.717, 1.165) is 17.7 Å². The number of pyridine rings is 1. The molecule has 6 heteroatoms. The number of nitrogen functional groups attached to an aromatic ring is 1. The van der Waals surface area contributed by atoms with Crippen LogP contribution in [0.4, 0.5) is 11.5 Å². The number of nitrogens with one attached hydrogen (secondary N) is 1. The van der Waals surface area contributed by atoms with Gasteiger partial charge in [-0.15, -0.1) is 0 Å².